The molecule has 0 spiro atoms. The Balaban J connectivity index is 1.21. The van der Waals surface area contributed by atoms with Crippen LogP contribution in [0.2, 0.25) is 0 Å². The normalized spacial score (nSPS) is 11.5. The Kier molecular flexibility index (Phi) is 8.76. The Labute approximate surface area is 364 Å². The Hall–Kier alpha value is -7.78. The first-order chi connectivity index (χ1) is 30.8. The van der Waals surface area contributed by atoms with Crippen LogP contribution in [0.3, 0.4) is 0 Å². The van der Waals surface area contributed by atoms with E-state index in [0.717, 1.165) is 17.1 Å². The van der Waals surface area contributed by atoms with Gasteiger partial charge in [0.1, 0.15) is 0 Å². The van der Waals surface area contributed by atoms with Crippen LogP contribution >= 0.6 is 11.3 Å². The van der Waals surface area contributed by atoms with Crippen molar-refractivity contribution in [2.45, 2.75) is 0 Å². The molecule has 1 nitrogen and oxygen atoms in total. The summed E-state index contributed by atoms with van der Waals surface area (Å²) < 4.78 is 2.60. The summed E-state index contributed by atoms with van der Waals surface area (Å²) in [6.07, 6.45) is 0. The Bertz CT molecular complexity index is 3640. The number of benzene rings is 10. The van der Waals surface area contributed by atoms with Crippen molar-refractivity contribution in [1.82, 2.24) is 0 Å². The Morgan fingerprint density at radius 3 is 1.15 bits per heavy atom. The van der Waals surface area contributed by atoms with Crippen LogP contribution < -0.4 is 4.90 Å². The van der Waals surface area contributed by atoms with Crippen molar-refractivity contribution in [2.75, 3.05) is 4.90 Å². The summed E-state index contributed by atoms with van der Waals surface area (Å²) in [5.74, 6) is 0. The zero-order valence-electron chi connectivity index (χ0n) is 33.9. The summed E-state index contributed by atoms with van der Waals surface area (Å²) in [5.41, 5.74) is 8.07. The molecule has 0 unspecified atom stereocenters. The number of rotatable bonds is 5. The van der Waals surface area contributed by atoms with Gasteiger partial charge in [0.2, 0.25) is 0 Å². The predicted octanol–water partition coefficient (Wildman–Crippen LogP) is 17.7. The molecule has 0 radical (unpaired) electrons. The van der Waals surface area contributed by atoms with Crippen LogP contribution in [0.15, 0.2) is 237 Å². The lowest BCUT2D eigenvalue weighted by Crippen LogP contribution is -2.09. The largest absolute Gasteiger partial charge is 0.310 e. The molecule has 2 heteroatoms. The zero-order chi connectivity index (χ0) is 41.0. The topological polar surface area (TPSA) is 3.24 Å². The van der Waals surface area contributed by atoms with E-state index in [9.17, 15) is 0 Å². The zero-order valence-corrected chi connectivity index (χ0v) is 34.7. The van der Waals surface area contributed by atoms with E-state index in [1.165, 1.54) is 96.3 Å². The van der Waals surface area contributed by atoms with Crippen LogP contribution in [-0.4, -0.2) is 0 Å². The minimum absolute atomic E-state index is 1.09. The van der Waals surface area contributed by atoms with E-state index in [4.69, 9.17) is 0 Å². The smallest absolute Gasteiger partial charge is 0.0468 e. The van der Waals surface area contributed by atoms with Crippen molar-refractivity contribution in [2.24, 2.45) is 0 Å². The molecular formula is C60H39NS. The maximum atomic E-state index is 2.43. The summed E-state index contributed by atoms with van der Waals surface area (Å²) in [5, 5.41) is 14.9. The monoisotopic (exact) mass is 805 g/mol. The molecule has 1 aromatic heterocycles. The van der Waals surface area contributed by atoms with E-state index in [-0.39, 0.29) is 0 Å². The van der Waals surface area contributed by atoms with Crippen LogP contribution in [0, 0.1) is 0 Å². The van der Waals surface area contributed by atoms with E-state index in [0.29, 0.717) is 0 Å². The third-order valence-electron chi connectivity index (χ3n) is 12.5. The summed E-state index contributed by atoms with van der Waals surface area (Å²) in [7, 11) is 0. The van der Waals surface area contributed by atoms with Gasteiger partial charge in [0.05, 0.1) is 0 Å². The molecule has 0 saturated carbocycles. The quantitative estimate of drug-likeness (QED) is 0.167. The molecule has 0 saturated heterocycles. The number of thiophene rings is 1. The molecule has 0 aliphatic heterocycles. The minimum atomic E-state index is 1.09. The third-order valence-corrected chi connectivity index (χ3v) is 13.6. The molecule has 0 amide bonds. The van der Waals surface area contributed by atoms with E-state index in [2.05, 4.69) is 241 Å². The van der Waals surface area contributed by atoms with Gasteiger partial charge >= 0.3 is 0 Å². The lowest BCUT2D eigenvalue weighted by molar-refractivity contribution is 1.29. The standard InChI is InChI=1S/C60H39NS/c1-3-15-40(16-4-1)42-27-31-44(32-28-42)61(45-33-29-43(30-34-45)41-17-5-2-6-18-41)46-35-36-52-54-37-38-58-60(55-25-13-14-26-57(55)62-58)59(54)53-24-12-11-22-50(53)48-20-8-7-19-47(48)49-21-9-10-23-51(49)56(52)39-46/h1-39H. The van der Waals surface area contributed by atoms with Gasteiger partial charge in [-0.05, 0) is 125 Å². The predicted molar refractivity (Wildman–Crippen MR) is 270 cm³/mol. The molecule has 0 atom stereocenters. The molecule has 0 aliphatic carbocycles. The lowest BCUT2D eigenvalue weighted by atomic mass is 9.92. The van der Waals surface area contributed by atoms with E-state index < -0.39 is 0 Å². The van der Waals surface area contributed by atoms with Crippen LogP contribution in [-0.2, 0) is 0 Å². The first-order valence-electron chi connectivity index (χ1n) is 21.3. The number of fused-ring (bicyclic) bond motifs is 14. The van der Waals surface area contributed by atoms with Gasteiger partial charge in [-0.25, -0.2) is 0 Å². The molecule has 12 rings (SSSR count). The maximum absolute atomic E-state index is 2.43. The molecule has 1 heterocycles. The molecule has 290 valence electrons. The highest BCUT2D eigenvalue weighted by atomic mass is 32.1. The lowest BCUT2D eigenvalue weighted by Gasteiger charge is -2.26. The van der Waals surface area contributed by atoms with E-state index in [1.54, 1.807) is 0 Å². The van der Waals surface area contributed by atoms with Crippen molar-refractivity contribution < 1.29 is 0 Å². The molecule has 0 aliphatic rings. The molecule has 12 aromatic rings. The summed E-state index contributed by atoms with van der Waals surface area (Å²) in [6.45, 7) is 0. The molecule has 62 heavy (non-hydrogen) atoms. The fourth-order valence-electron chi connectivity index (χ4n) is 9.61. The van der Waals surface area contributed by atoms with Crippen LogP contribution in [0.5, 0.6) is 0 Å². The number of anilines is 3. The van der Waals surface area contributed by atoms with Gasteiger partial charge in [-0.3, -0.25) is 0 Å². The van der Waals surface area contributed by atoms with Gasteiger partial charge in [0, 0.05) is 37.2 Å². The fraction of sp³-hybridized carbons (Fsp3) is 0. The van der Waals surface area contributed by atoms with Crippen LogP contribution in [0.4, 0.5) is 17.1 Å². The third kappa shape index (κ3) is 6.07. The SMILES string of the molecule is c1ccc(-c2ccc(N(c3ccc(-c4ccccc4)cc3)c3ccc4c(c3)c3ccccc3c3ccccc3c3ccccc3c3c4ccc4sc5ccccc5c43)cc2)cc1. The van der Waals surface area contributed by atoms with Crippen molar-refractivity contribution in [3.05, 3.63) is 237 Å². The maximum Gasteiger partial charge on any atom is 0.0468 e. The highest BCUT2D eigenvalue weighted by Gasteiger charge is 2.18. The van der Waals surface area contributed by atoms with Gasteiger partial charge < -0.3 is 4.90 Å². The van der Waals surface area contributed by atoms with Crippen LogP contribution in [0.25, 0.3) is 96.3 Å². The molecular weight excluding hydrogens is 767 g/mol. The van der Waals surface area contributed by atoms with Gasteiger partial charge in [-0.15, -0.1) is 11.3 Å². The van der Waals surface area contributed by atoms with Gasteiger partial charge in [-0.2, -0.15) is 0 Å². The highest BCUT2D eigenvalue weighted by molar-refractivity contribution is 7.26. The summed E-state index contributed by atoms with van der Waals surface area (Å²) in [4.78, 5) is 2.41. The van der Waals surface area contributed by atoms with E-state index >= 15 is 0 Å². The second-order valence-corrected chi connectivity index (χ2v) is 17.1. The average molecular weight is 806 g/mol. The second-order valence-electron chi connectivity index (χ2n) is 16.0. The minimum Gasteiger partial charge on any atom is -0.310 e. The summed E-state index contributed by atoms with van der Waals surface area (Å²) >= 11 is 1.88. The Morgan fingerprint density at radius 2 is 0.597 bits per heavy atom. The Morgan fingerprint density at radius 1 is 0.226 bits per heavy atom. The molecule has 0 N–H and O–H groups in total. The van der Waals surface area contributed by atoms with Crippen molar-refractivity contribution in [1.29, 1.82) is 0 Å². The average Bonchev–Trinajstić information content (AvgIpc) is 3.74. The first-order valence-corrected chi connectivity index (χ1v) is 22.1. The summed E-state index contributed by atoms with van der Waals surface area (Å²) in [6, 6.07) is 87.0. The second kappa shape index (κ2) is 15.0. The van der Waals surface area contributed by atoms with Crippen molar-refractivity contribution >= 4 is 102 Å². The van der Waals surface area contributed by atoms with Gasteiger partial charge in [0.15, 0.2) is 0 Å². The van der Waals surface area contributed by atoms with Crippen molar-refractivity contribution in [3.8, 4) is 22.3 Å². The van der Waals surface area contributed by atoms with E-state index in [1.807, 2.05) is 11.3 Å². The fourth-order valence-corrected chi connectivity index (χ4v) is 10.7. The number of nitrogens with zero attached hydrogens (tertiary/aromatic N) is 1. The van der Waals surface area contributed by atoms with Crippen molar-refractivity contribution in [3.63, 3.8) is 0 Å². The van der Waals surface area contributed by atoms with Crippen LogP contribution in [0.1, 0.15) is 0 Å². The van der Waals surface area contributed by atoms with Gasteiger partial charge in [0.25, 0.3) is 0 Å². The highest BCUT2D eigenvalue weighted by Crippen LogP contribution is 2.45. The number of hydrogen-bond donors (Lipinski definition) is 0. The first kappa shape index (κ1) is 36.1. The van der Waals surface area contributed by atoms with Gasteiger partial charge in [-0.1, -0.05) is 188 Å². The molecule has 0 fully saturated rings. The number of hydrogen-bond acceptors (Lipinski definition) is 2. The molecule has 0 bridgehead atoms. The molecule has 11 aromatic carbocycles.